The van der Waals surface area contributed by atoms with E-state index < -0.39 is 0 Å². The van der Waals surface area contributed by atoms with Gasteiger partial charge < -0.3 is 10.2 Å². The zero-order chi connectivity index (χ0) is 14.9. The van der Waals surface area contributed by atoms with E-state index in [1.807, 2.05) is 0 Å². The van der Waals surface area contributed by atoms with Gasteiger partial charge in [0.05, 0.1) is 0 Å². The van der Waals surface area contributed by atoms with Crippen molar-refractivity contribution in [2.45, 2.75) is 71.8 Å². The van der Waals surface area contributed by atoms with Crippen molar-refractivity contribution in [3.05, 3.63) is 0 Å². The Labute approximate surface area is 132 Å². The van der Waals surface area contributed by atoms with Crippen LogP contribution in [0.2, 0.25) is 0 Å². The Hall–Kier alpha value is -0.0800. The van der Waals surface area contributed by atoms with Gasteiger partial charge in [-0.25, -0.2) is 0 Å². The molecule has 3 rings (SSSR count). The highest BCUT2D eigenvalue weighted by Crippen LogP contribution is 2.41. The van der Waals surface area contributed by atoms with Crippen LogP contribution in [0.15, 0.2) is 0 Å². The summed E-state index contributed by atoms with van der Waals surface area (Å²) < 4.78 is 0. The van der Waals surface area contributed by atoms with Crippen LogP contribution in [0, 0.1) is 23.2 Å². The number of nitrogens with zero attached hydrogens (tertiary/aromatic N) is 1. The van der Waals surface area contributed by atoms with Crippen LogP contribution in [-0.4, -0.2) is 37.1 Å². The number of rotatable bonds is 6. The highest BCUT2D eigenvalue weighted by molar-refractivity contribution is 4.94. The molecule has 2 heteroatoms. The third-order valence-electron chi connectivity index (χ3n) is 6.49. The van der Waals surface area contributed by atoms with Crippen molar-refractivity contribution in [2.24, 2.45) is 23.2 Å². The largest absolute Gasteiger partial charge is 0.313 e. The van der Waals surface area contributed by atoms with Crippen molar-refractivity contribution in [3.63, 3.8) is 0 Å². The Morgan fingerprint density at radius 3 is 2.38 bits per heavy atom. The van der Waals surface area contributed by atoms with Gasteiger partial charge >= 0.3 is 0 Å². The van der Waals surface area contributed by atoms with Crippen LogP contribution in [0.5, 0.6) is 0 Å². The fraction of sp³-hybridized carbons (Fsp3) is 1.00. The second-order valence-electron chi connectivity index (χ2n) is 8.87. The summed E-state index contributed by atoms with van der Waals surface area (Å²) in [6, 6.07) is 0.864. The number of nitrogens with one attached hydrogen (secondary N) is 1. The van der Waals surface area contributed by atoms with Crippen molar-refractivity contribution in [3.8, 4) is 0 Å². The summed E-state index contributed by atoms with van der Waals surface area (Å²) in [4.78, 5) is 2.80. The Balaban J connectivity index is 1.56. The zero-order valence-electron chi connectivity index (χ0n) is 14.5. The predicted molar refractivity (Wildman–Crippen MR) is 90.5 cm³/mol. The fourth-order valence-electron chi connectivity index (χ4n) is 4.44. The van der Waals surface area contributed by atoms with Gasteiger partial charge in [0.25, 0.3) is 0 Å². The van der Waals surface area contributed by atoms with Crippen molar-refractivity contribution in [2.75, 3.05) is 26.2 Å². The lowest BCUT2D eigenvalue weighted by molar-refractivity contribution is 0.0947. The van der Waals surface area contributed by atoms with E-state index in [0.717, 1.165) is 23.8 Å². The van der Waals surface area contributed by atoms with Crippen molar-refractivity contribution < 1.29 is 0 Å². The van der Waals surface area contributed by atoms with Gasteiger partial charge in [-0.3, -0.25) is 0 Å². The molecule has 0 aromatic heterocycles. The van der Waals surface area contributed by atoms with Gasteiger partial charge in [-0.1, -0.05) is 33.6 Å². The SMILES string of the molecule is CC1CCC(CNC2CC2)(CN2CCC(C(C)C)C2)CC1. The lowest BCUT2D eigenvalue weighted by Gasteiger charge is -2.42. The molecule has 0 aromatic rings. The maximum Gasteiger partial charge on any atom is 0.00684 e. The maximum absolute atomic E-state index is 3.86. The molecular formula is C19H36N2. The van der Waals surface area contributed by atoms with Crippen LogP contribution in [0.25, 0.3) is 0 Å². The quantitative estimate of drug-likeness (QED) is 0.798. The second kappa shape index (κ2) is 6.58. The van der Waals surface area contributed by atoms with Crippen molar-refractivity contribution >= 4 is 0 Å². The van der Waals surface area contributed by atoms with Crippen LogP contribution in [0.3, 0.4) is 0 Å². The summed E-state index contributed by atoms with van der Waals surface area (Å²) in [5.41, 5.74) is 0.584. The van der Waals surface area contributed by atoms with E-state index in [4.69, 9.17) is 0 Å². The summed E-state index contributed by atoms with van der Waals surface area (Å²) >= 11 is 0. The summed E-state index contributed by atoms with van der Waals surface area (Å²) in [5, 5.41) is 3.86. The summed E-state index contributed by atoms with van der Waals surface area (Å²) in [7, 11) is 0. The van der Waals surface area contributed by atoms with Crippen LogP contribution >= 0.6 is 0 Å². The molecule has 3 fully saturated rings. The lowest BCUT2D eigenvalue weighted by Crippen LogP contribution is -2.46. The van der Waals surface area contributed by atoms with Gasteiger partial charge in [0, 0.05) is 25.7 Å². The Kier molecular flexibility index (Phi) is 4.95. The molecule has 122 valence electrons. The van der Waals surface area contributed by atoms with Crippen LogP contribution in [0.4, 0.5) is 0 Å². The predicted octanol–water partition coefficient (Wildman–Crippen LogP) is 3.91. The molecule has 0 aromatic carbocycles. The topological polar surface area (TPSA) is 15.3 Å². The first kappa shape index (κ1) is 15.8. The van der Waals surface area contributed by atoms with E-state index in [1.54, 1.807) is 0 Å². The lowest BCUT2D eigenvalue weighted by atomic mass is 9.70. The van der Waals surface area contributed by atoms with E-state index in [2.05, 4.69) is 31.0 Å². The fourth-order valence-corrected chi connectivity index (χ4v) is 4.44. The highest BCUT2D eigenvalue weighted by atomic mass is 15.2. The van der Waals surface area contributed by atoms with Gasteiger partial charge in [-0.2, -0.15) is 0 Å². The molecule has 0 spiro atoms. The van der Waals surface area contributed by atoms with E-state index in [-0.39, 0.29) is 0 Å². The van der Waals surface area contributed by atoms with E-state index >= 15 is 0 Å². The van der Waals surface area contributed by atoms with Crippen LogP contribution < -0.4 is 5.32 Å². The molecule has 0 radical (unpaired) electrons. The Bertz CT molecular complexity index is 326. The Morgan fingerprint density at radius 2 is 1.81 bits per heavy atom. The van der Waals surface area contributed by atoms with Gasteiger partial charge in [-0.15, -0.1) is 0 Å². The van der Waals surface area contributed by atoms with Gasteiger partial charge in [0.2, 0.25) is 0 Å². The first-order valence-corrected chi connectivity index (χ1v) is 9.52. The average Bonchev–Trinajstić information content (AvgIpc) is 3.18. The maximum atomic E-state index is 3.86. The molecule has 1 atom stereocenters. The van der Waals surface area contributed by atoms with E-state index in [9.17, 15) is 0 Å². The smallest absolute Gasteiger partial charge is 0.00684 e. The summed E-state index contributed by atoms with van der Waals surface area (Å²) in [6.45, 7) is 12.6. The third kappa shape index (κ3) is 4.22. The molecule has 3 aliphatic rings. The third-order valence-corrected chi connectivity index (χ3v) is 6.49. The van der Waals surface area contributed by atoms with Gasteiger partial charge in [0.15, 0.2) is 0 Å². The number of likely N-dealkylation sites (tertiary alicyclic amines) is 1. The molecular weight excluding hydrogens is 256 g/mol. The summed E-state index contributed by atoms with van der Waals surface area (Å²) in [6.07, 6.45) is 10.1. The molecule has 2 aliphatic carbocycles. The highest BCUT2D eigenvalue weighted by Gasteiger charge is 2.38. The molecule has 21 heavy (non-hydrogen) atoms. The molecule has 1 N–H and O–H groups in total. The van der Waals surface area contributed by atoms with E-state index in [1.165, 1.54) is 71.1 Å². The molecule has 1 saturated heterocycles. The zero-order valence-corrected chi connectivity index (χ0v) is 14.5. The molecule has 2 nitrogen and oxygen atoms in total. The molecule has 1 aliphatic heterocycles. The normalized spacial score (nSPS) is 38.3. The van der Waals surface area contributed by atoms with E-state index in [0.29, 0.717) is 5.41 Å². The summed E-state index contributed by atoms with van der Waals surface area (Å²) in [5.74, 6) is 2.77. The monoisotopic (exact) mass is 292 g/mol. The minimum atomic E-state index is 0.584. The standard InChI is InChI=1S/C19H36N2/c1-15(2)17-8-11-21(12-17)14-19(13-20-18-4-5-18)9-6-16(3)7-10-19/h15-18,20H,4-14H2,1-3H3. The molecule has 2 saturated carbocycles. The van der Waals surface area contributed by atoms with Gasteiger partial charge in [-0.05, 0) is 61.8 Å². The van der Waals surface area contributed by atoms with Crippen LogP contribution in [0.1, 0.15) is 65.7 Å². The number of hydrogen-bond acceptors (Lipinski definition) is 2. The second-order valence-corrected chi connectivity index (χ2v) is 8.87. The molecule has 0 bridgehead atoms. The van der Waals surface area contributed by atoms with Crippen molar-refractivity contribution in [1.82, 2.24) is 10.2 Å². The first-order valence-electron chi connectivity index (χ1n) is 9.52. The van der Waals surface area contributed by atoms with Gasteiger partial charge in [0.1, 0.15) is 0 Å². The Morgan fingerprint density at radius 1 is 1.10 bits per heavy atom. The minimum Gasteiger partial charge on any atom is -0.313 e. The molecule has 1 heterocycles. The number of hydrogen-bond donors (Lipinski definition) is 1. The first-order chi connectivity index (χ1) is 10.1. The van der Waals surface area contributed by atoms with Crippen molar-refractivity contribution in [1.29, 1.82) is 0 Å². The minimum absolute atomic E-state index is 0.584. The molecule has 0 amide bonds. The van der Waals surface area contributed by atoms with Crippen LogP contribution in [-0.2, 0) is 0 Å². The average molecular weight is 293 g/mol. The molecule has 1 unspecified atom stereocenters.